The average Bonchev–Trinajstić information content (AvgIpc) is 3.41. The summed E-state index contributed by atoms with van der Waals surface area (Å²) in [6.45, 7) is 0.0948. The van der Waals surface area contributed by atoms with Gasteiger partial charge in [0.15, 0.2) is 0 Å². The van der Waals surface area contributed by atoms with E-state index >= 15 is 0 Å². The lowest BCUT2D eigenvalue weighted by Crippen LogP contribution is -2.54. The maximum absolute atomic E-state index is 13.6. The highest BCUT2D eigenvalue weighted by Gasteiger charge is 2.43. The molecule has 212 valence electrons. The third-order valence-corrected chi connectivity index (χ3v) is 6.39. The van der Waals surface area contributed by atoms with E-state index in [9.17, 15) is 55.9 Å². The summed E-state index contributed by atoms with van der Waals surface area (Å²) in [6.07, 6.45) is -9.91. The molecule has 10 nitrogen and oxygen atoms in total. The van der Waals surface area contributed by atoms with Gasteiger partial charge in [-0.3, -0.25) is 9.59 Å². The smallest absolute Gasteiger partial charge is 0.480 e. The van der Waals surface area contributed by atoms with Gasteiger partial charge in [0.1, 0.15) is 6.04 Å². The molecule has 40 heavy (non-hydrogen) atoms. The molecule has 2 aromatic rings. The van der Waals surface area contributed by atoms with Crippen molar-refractivity contribution < 1.29 is 65.2 Å². The Morgan fingerprint density at radius 3 is 2.00 bits per heavy atom. The van der Waals surface area contributed by atoms with Crippen molar-refractivity contribution in [2.24, 2.45) is 0 Å². The van der Waals surface area contributed by atoms with Crippen LogP contribution in [0.15, 0.2) is 24.3 Å². The van der Waals surface area contributed by atoms with Crippen molar-refractivity contribution in [3.8, 4) is 0 Å². The van der Waals surface area contributed by atoms with Gasteiger partial charge in [-0.05, 0) is 53.2 Å². The molecule has 0 aliphatic carbocycles. The van der Waals surface area contributed by atoms with Crippen LogP contribution in [0.1, 0.15) is 49.9 Å². The van der Waals surface area contributed by atoms with Crippen LogP contribution in [0, 0.1) is 0 Å². The molecule has 2 heterocycles. The van der Waals surface area contributed by atoms with Gasteiger partial charge >= 0.3 is 32.6 Å². The molecule has 4 rings (SSSR count). The van der Waals surface area contributed by atoms with Crippen LogP contribution in [-0.4, -0.2) is 59.3 Å². The Kier molecular flexibility index (Phi) is 7.66. The highest BCUT2D eigenvalue weighted by atomic mass is 19.4. The number of rotatable bonds is 6. The van der Waals surface area contributed by atoms with E-state index in [1.807, 2.05) is 5.32 Å². The molecule has 5 N–H and O–H groups in total. The zero-order chi connectivity index (χ0) is 29.7. The summed E-state index contributed by atoms with van der Waals surface area (Å²) in [4.78, 5) is 37.4. The second-order valence-electron chi connectivity index (χ2n) is 9.06. The number of benzene rings is 2. The number of carbonyl (C=O) groups is 3. The van der Waals surface area contributed by atoms with Crippen molar-refractivity contribution in [2.45, 2.75) is 44.6 Å². The van der Waals surface area contributed by atoms with Crippen LogP contribution in [0.25, 0.3) is 0 Å². The van der Waals surface area contributed by atoms with Crippen LogP contribution in [-0.2, 0) is 39.7 Å². The number of hydrogen-bond acceptors (Lipinski definition) is 7. The first kappa shape index (κ1) is 29.4. The molecule has 2 amide bonds. The maximum Gasteiger partial charge on any atom is 0.492 e. The number of carbonyl (C=O) groups excluding carboxylic acids is 2. The fourth-order valence-electron chi connectivity index (χ4n) is 4.45. The summed E-state index contributed by atoms with van der Waals surface area (Å²) in [6, 6.07) is -0.598. The molecule has 2 aliphatic rings. The third-order valence-electron chi connectivity index (χ3n) is 6.39. The molecule has 0 saturated heterocycles. The number of hydrogen-bond donors (Lipinski definition) is 5. The molecule has 0 radical (unpaired) electrons. The number of nitrogens with one attached hydrogen (secondary N) is 2. The predicted octanol–water partition coefficient (Wildman–Crippen LogP) is 0.161. The number of carboxylic acid groups (broad SMARTS) is 1. The molecule has 0 bridgehead atoms. The molecule has 0 aromatic heterocycles. The topological polar surface area (TPSA) is 154 Å². The fraction of sp³-hybridized carbons (Fsp3) is 0.318. The highest BCUT2D eigenvalue weighted by molar-refractivity contribution is 6.62. The van der Waals surface area contributed by atoms with E-state index in [1.54, 1.807) is 0 Å². The van der Waals surface area contributed by atoms with Gasteiger partial charge in [-0.25, -0.2) is 4.79 Å². The molecule has 2 aromatic carbocycles. The summed E-state index contributed by atoms with van der Waals surface area (Å²) in [5.74, 6) is -4.19. The zero-order valence-corrected chi connectivity index (χ0v) is 20.2. The van der Waals surface area contributed by atoms with Gasteiger partial charge < -0.3 is 35.1 Å². The summed E-state index contributed by atoms with van der Waals surface area (Å²) < 4.78 is 90.9. The van der Waals surface area contributed by atoms with Gasteiger partial charge in [0, 0.05) is 11.1 Å². The number of alkyl halides is 6. The minimum absolute atomic E-state index is 0.149. The predicted molar refractivity (Wildman–Crippen MR) is 123 cm³/mol. The van der Waals surface area contributed by atoms with Gasteiger partial charge in [-0.2, -0.15) is 26.3 Å². The summed E-state index contributed by atoms with van der Waals surface area (Å²) in [7, 11) is -3.61. The van der Waals surface area contributed by atoms with Crippen molar-refractivity contribution in [1.82, 2.24) is 10.6 Å². The van der Waals surface area contributed by atoms with Crippen molar-refractivity contribution in [1.29, 1.82) is 0 Å². The molecule has 0 saturated carbocycles. The summed E-state index contributed by atoms with van der Waals surface area (Å²) in [5.41, 5.74) is -5.22. The van der Waals surface area contributed by atoms with Crippen molar-refractivity contribution in [3.63, 3.8) is 0 Å². The third kappa shape index (κ3) is 5.65. The largest absolute Gasteiger partial charge is 0.492 e. The number of amides is 2. The Labute approximate surface area is 221 Å². The minimum Gasteiger partial charge on any atom is -0.480 e. The van der Waals surface area contributed by atoms with Gasteiger partial charge in [0.25, 0.3) is 11.8 Å². The number of fused-ring (bicyclic) bond motifs is 2. The maximum atomic E-state index is 13.6. The zero-order valence-electron chi connectivity index (χ0n) is 20.2. The van der Waals surface area contributed by atoms with Crippen molar-refractivity contribution in [3.05, 3.63) is 57.6 Å². The number of carboxylic acids is 1. The Morgan fingerprint density at radius 2 is 1.40 bits per heavy atom. The van der Waals surface area contributed by atoms with Gasteiger partial charge in [0.05, 0.1) is 30.4 Å². The van der Waals surface area contributed by atoms with E-state index in [2.05, 4.69) is 5.32 Å². The Balaban J connectivity index is 1.57. The molecular weight excluding hydrogens is 556 g/mol. The molecule has 0 unspecified atom stereocenters. The lowest BCUT2D eigenvalue weighted by atomic mass is 9.75. The quantitative estimate of drug-likeness (QED) is 0.242. The average molecular weight is 574 g/mol. The Morgan fingerprint density at radius 1 is 0.850 bits per heavy atom. The second kappa shape index (κ2) is 10.4. The molecule has 0 fully saturated rings. The number of halogens is 6. The summed E-state index contributed by atoms with van der Waals surface area (Å²) in [5, 5.41) is 33.3. The van der Waals surface area contributed by atoms with Crippen LogP contribution >= 0.6 is 0 Å². The van der Waals surface area contributed by atoms with Crippen molar-refractivity contribution >= 4 is 42.9 Å². The minimum atomic E-state index is -4.99. The van der Waals surface area contributed by atoms with Crippen LogP contribution in [0.2, 0.25) is 0 Å². The molecular formula is C22H18B2F6N2O8. The Bertz CT molecular complexity index is 1390. The monoisotopic (exact) mass is 574 g/mol. The van der Waals surface area contributed by atoms with E-state index in [0.29, 0.717) is 12.1 Å². The van der Waals surface area contributed by atoms with E-state index in [0.717, 1.165) is 19.1 Å². The van der Waals surface area contributed by atoms with E-state index in [-0.39, 0.29) is 16.6 Å². The first-order chi connectivity index (χ1) is 18.5. The molecule has 0 spiro atoms. The van der Waals surface area contributed by atoms with E-state index in [1.165, 1.54) is 0 Å². The Hall–Kier alpha value is -3.60. The van der Waals surface area contributed by atoms with Gasteiger partial charge in [0.2, 0.25) is 0 Å². The molecule has 18 heteroatoms. The lowest BCUT2D eigenvalue weighted by Gasteiger charge is -2.23. The number of aliphatic carboxylic acids is 1. The van der Waals surface area contributed by atoms with Crippen LogP contribution in [0.3, 0.4) is 0 Å². The SMILES string of the molecule is C[C@H](NC(=O)c1cc2c(c(C(F)(F)F)c1)COB2O)[C@H](NC(=O)c1cc2c(c(C(F)(F)F)c1)B(O)OC2)C(=O)O. The lowest BCUT2D eigenvalue weighted by molar-refractivity contribution is -0.140. The van der Waals surface area contributed by atoms with E-state index in [4.69, 9.17) is 9.31 Å². The van der Waals surface area contributed by atoms with Gasteiger partial charge in [-0.15, -0.1) is 0 Å². The fourth-order valence-corrected chi connectivity index (χ4v) is 4.45. The normalized spacial score (nSPS) is 16.3. The van der Waals surface area contributed by atoms with Crippen molar-refractivity contribution in [2.75, 3.05) is 0 Å². The van der Waals surface area contributed by atoms with E-state index < -0.39 is 97.4 Å². The standard InChI is InChI=1S/C22H18B2F6N2O8/c1-8(31-18(33)10-3-13(21(25,26)27)12-7-40-23(37)15(12)5-10)17(20(35)36)32-19(34)9-2-11-6-39-24(38)16(11)14(4-9)22(28,29)30/h2-5,8,17,37-38H,6-7H2,1H3,(H,31,33)(H,32,34)(H,35,36)/t8-,17-/m0/s1. The first-order valence-corrected chi connectivity index (χ1v) is 11.4. The highest BCUT2D eigenvalue weighted by Crippen LogP contribution is 2.34. The second-order valence-corrected chi connectivity index (χ2v) is 9.06. The molecule has 2 atom stereocenters. The van der Waals surface area contributed by atoms with Crippen LogP contribution in [0.4, 0.5) is 26.3 Å². The molecule has 2 aliphatic heterocycles. The first-order valence-electron chi connectivity index (χ1n) is 11.4. The summed E-state index contributed by atoms with van der Waals surface area (Å²) >= 11 is 0. The van der Waals surface area contributed by atoms with Crippen LogP contribution < -0.4 is 21.6 Å². The van der Waals surface area contributed by atoms with Gasteiger partial charge in [-0.1, -0.05) is 0 Å². The van der Waals surface area contributed by atoms with Crippen LogP contribution in [0.5, 0.6) is 0 Å².